The van der Waals surface area contributed by atoms with Crippen LogP contribution in [0.25, 0.3) is 0 Å². The second kappa shape index (κ2) is 6.03. The Balaban J connectivity index is 1.95. The fraction of sp³-hybridized carbons (Fsp3) is 0.571. The summed E-state index contributed by atoms with van der Waals surface area (Å²) in [4.78, 5) is 0.336. The summed E-state index contributed by atoms with van der Waals surface area (Å²) in [6.45, 7) is 5.12. The van der Waals surface area contributed by atoms with Crippen molar-refractivity contribution in [3.05, 3.63) is 29.3 Å². The van der Waals surface area contributed by atoms with Gasteiger partial charge in [-0.2, -0.15) is 0 Å². The van der Waals surface area contributed by atoms with Crippen molar-refractivity contribution in [1.29, 1.82) is 0 Å². The Morgan fingerprint density at radius 1 is 1.32 bits per heavy atom. The van der Waals surface area contributed by atoms with Gasteiger partial charge >= 0.3 is 0 Å². The van der Waals surface area contributed by atoms with Gasteiger partial charge in [0.15, 0.2) is 0 Å². The summed E-state index contributed by atoms with van der Waals surface area (Å²) >= 11 is 0. The summed E-state index contributed by atoms with van der Waals surface area (Å²) in [6.07, 6.45) is 3.06. The highest BCUT2D eigenvalue weighted by molar-refractivity contribution is 7.89. The van der Waals surface area contributed by atoms with Crippen LogP contribution < -0.4 is 4.72 Å². The lowest BCUT2D eigenvalue weighted by atomic mass is 10.1. The van der Waals surface area contributed by atoms with E-state index in [2.05, 4.69) is 4.72 Å². The zero-order valence-corrected chi connectivity index (χ0v) is 12.3. The van der Waals surface area contributed by atoms with Crippen LogP contribution in [0.15, 0.2) is 23.1 Å². The minimum absolute atomic E-state index is 0.211. The van der Waals surface area contributed by atoms with Crippen LogP contribution in [0, 0.1) is 13.8 Å². The number of rotatable bonds is 5. The van der Waals surface area contributed by atoms with E-state index >= 15 is 0 Å². The Morgan fingerprint density at radius 3 is 2.74 bits per heavy atom. The van der Waals surface area contributed by atoms with Crippen LogP contribution in [-0.2, 0) is 14.8 Å². The van der Waals surface area contributed by atoms with Crippen molar-refractivity contribution in [3.63, 3.8) is 0 Å². The molecular formula is C14H21NO3S. The van der Waals surface area contributed by atoms with Gasteiger partial charge in [-0.25, -0.2) is 13.1 Å². The Morgan fingerprint density at radius 2 is 2.11 bits per heavy atom. The van der Waals surface area contributed by atoms with Crippen LogP contribution in [0.3, 0.4) is 0 Å². The summed E-state index contributed by atoms with van der Waals surface area (Å²) in [5.41, 5.74) is 2.08. The smallest absolute Gasteiger partial charge is 0.240 e. The minimum Gasteiger partial charge on any atom is -0.378 e. The standard InChI is InChI=1S/C14H21NO3S/c1-11-5-6-14(10-12(11)2)19(16,17)15-8-7-13-4-3-9-18-13/h5-6,10,13,15H,3-4,7-9H2,1-2H3. The van der Waals surface area contributed by atoms with Gasteiger partial charge in [-0.15, -0.1) is 0 Å². The van der Waals surface area contributed by atoms with Gasteiger partial charge in [-0.05, 0) is 56.4 Å². The fourth-order valence-electron chi connectivity index (χ4n) is 2.19. The van der Waals surface area contributed by atoms with Crippen LogP contribution in [0.4, 0.5) is 0 Å². The van der Waals surface area contributed by atoms with Crippen LogP contribution in [0.5, 0.6) is 0 Å². The number of hydrogen-bond acceptors (Lipinski definition) is 3. The number of ether oxygens (including phenoxy) is 1. The Hall–Kier alpha value is -0.910. The molecule has 1 N–H and O–H groups in total. The van der Waals surface area contributed by atoms with Crippen LogP contribution in [0.2, 0.25) is 0 Å². The predicted octanol–water partition coefficient (Wildman–Crippen LogP) is 2.15. The van der Waals surface area contributed by atoms with Crippen molar-refractivity contribution in [2.24, 2.45) is 0 Å². The van der Waals surface area contributed by atoms with E-state index in [9.17, 15) is 8.42 Å². The topological polar surface area (TPSA) is 55.4 Å². The lowest BCUT2D eigenvalue weighted by Gasteiger charge is -2.11. The van der Waals surface area contributed by atoms with E-state index in [0.29, 0.717) is 11.4 Å². The maximum atomic E-state index is 12.1. The molecule has 4 nitrogen and oxygen atoms in total. The summed E-state index contributed by atoms with van der Waals surface area (Å²) in [6, 6.07) is 5.20. The van der Waals surface area contributed by atoms with E-state index in [1.165, 1.54) is 0 Å². The van der Waals surface area contributed by atoms with Gasteiger partial charge in [0.2, 0.25) is 10.0 Å². The number of hydrogen-bond donors (Lipinski definition) is 1. The monoisotopic (exact) mass is 283 g/mol. The Kier molecular flexibility index (Phi) is 4.60. The van der Waals surface area contributed by atoms with Crippen molar-refractivity contribution in [3.8, 4) is 0 Å². The molecule has 0 amide bonds. The maximum Gasteiger partial charge on any atom is 0.240 e. The molecule has 0 bridgehead atoms. The fourth-order valence-corrected chi connectivity index (χ4v) is 3.32. The zero-order chi connectivity index (χ0) is 13.9. The SMILES string of the molecule is Cc1ccc(S(=O)(=O)NCCC2CCCO2)cc1C. The molecular weight excluding hydrogens is 262 g/mol. The number of aryl methyl sites for hydroxylation is 2. The van der Waals surface area contributed by atoms with Gasteiger partial charge in [-0.1, -0.05) is 6.07 Å². The molecule has 1 aromatic carbocycles. The third kappa shape index (κ3) is 3.78. The normalized spacial score (nSPS) is 19.8. The predicted molar refractivity (Wildman–Crippen MR) is 74.7 cm³/mol. The molecule has 0 aliphatic carbocycles. The van der Waals surface area contributed by atoms with E-state index in [4.69, 9.17) is 4.74 Å². The van der Waals surface area contributed by atoms with Gasteiger partial charge in [0.05, 0.1) is 11.0 Å². The number of sulfonamides is 1. The molecule has 1 atom stereocenters. The van der Waals surface area contributed by atoms with Gasteiger partial charge < -0.3 is 4.74 Å². The molecule has 2 rings (SSSR count). The Bertz CT molecular complexity index is 534. The zero-order valence-electron chi connectivity index (χ0n) is 11.5. The Labute approximate surface area is 115 Å². The van der Waals surface area contributed by atoms with Crippen molar-refractivity contribution >= 4 is 10.0 Å². The molecule has 1 unspecified atom stereocenters. The summed E-state index contributed by atoms with van der Waals surface area (Å²) in [5.74, 6) is 0. The highest BCUT2D eigenvalue weighted by Crippen LogP contribution is 2.16. The lowest BCUT2D eigenvalue weighted by molar-refractivity contribution is 0.105. The van der Waals surface area contributed by atoms with Crippen LogP contribution >= 0.6 is 0 Å². The number of benzene rings is 1. The molecule has 0 saturated carbocycles. The first-order valence-electron chi connectivity index (χ1n) is 6.67. The van der Waals surface area contributed by atoms with E-state index in [-0.39, 0.29) is 6.10 Å². The third-order valence-electron chi connectivity index (χ3n) is 3.57. The second-order valence-corrected chi connectivity index (χ2v) is 6.83. The highest BCUT2D eigenvalue weighted by Gasteiger charge is 2.18. The van der Waals surface area contributed by atoms with Gasteiger partial charge in [-0.3, -0.25) is 0 Å². The molecule has 5 heteroatoms. The first-order chi connectivity index (χ1) is 8.99. The third-order valence-corrected chi connectivity index (χ3v) is 5.03. The van der Waals surface area contributed by atoms with E-state index < -0.39 is 10.0 Å². The molecule has 1 aliphatic heterocycles. The maximum absolute atomic E-state index is 12.1. The molecule has 0 spiro atoms. The molecule has 19 heavy (non-hydrogen) atoms. The van der Waals surface area contributed by atoms with Gasteiger partial charge in [0.1, 0.15) is 0 Å². The molecule has 106 valence electrons. The molecule has 1 fully saturated rings. The van der Waals surface area contributed by atoms with Crippen molar-refractivity contribution in [1.82, 2.24) is 4.72 Å². The van der Waals surface area contributed by atoms with Gasteiger partial charge in [0, 0.05) is 13.2 Å². The summed E-state index contributed by atoms with van der Waals surface area (Å²) in [7, 11) is -3.40. The van der Waals surface area contributed by atoms with Crippen LogP contribution in [0.1, 0.15) is 30.4 Å². The van der Waals surface area contributed by atoms with E-state index in [0.717, 1.165) is 37.0 Å². The molecule has 1 heterocycles. The molecule has 1 aromatic rings. The first kappa shape index (κ1) is 14.5. The molecule has 1 saturated heterocycles. The van der Waals surface area contributed by atoms with E-state index in [1.54, 1.807) is 12.1 Å². The molecule has 0 aromatic heterocycles. The van der Waals surface area contributed by atoms with Crippen LogP contribution in [-0.4, -0.2) is 27.7 Å². The quantitative estimate of drug-likeness (QED) is 0.901. The van der Waals surface area contributed by atoms with Crippen molar-refractivity contribution < 1.29 is 13.2 Å². The molecule has 0 radical (unpaired) electrons. The number of nitrogens with one attached hydrogen (secondary N) is 1. The van der Waals surface area contributed by atoms with Crippen molar-refractivity contribution in [2.45, 2.75) is 44.1 Å². The average molecular weight is 283 g/mol. The average Bonchev–Trinajstić information content (AvgIpc) is 2.85. The minimum atomic E-state index is -3.40. The van der Waals surface area contributed by atoms with Gasteiger partial charge in [0.25, 0.3) is 0 Å². The first-order valence-corrected chi connectivity index (χ1v) is 8.16. The summed E-state index contributed by atoms with van der Waals surface area (Å²) < 4.78 is 32.3. The summed E-state index contributed by atoms with van der Waals surface area (Å²) in [5, 5.41) is 0. The largest absolute Gasteiger partial charge is 0.378 e. The van der Waals surface area contributed by atoms with Crippen molar-refractivity contribution in [2.75, 3.05) is 13.2 Å². The lowest BCUT2D eigenvalue weighted by Crippen LogP contribution is -2.27. The van der Waals surface area contributed by atoms with E-state index in [1.807, 2.05) is 19.9 Å². The molecule has 1 aliphatic rings. The highest BCUT2D eigenvalue weighted by atomic mass is 32.2. The second-order valence-electron chi connectivity index (χ2n) is 5.07.